The lowest BCUT2D eigenvalue weighted by Crippen LogP contribution is -2.54. The molecule has 3 aromatic heterocycles. The van der Waals surface area contributed by atoms with Crippen LogP contribution in [0.2, 0.25) is 5.02 Å². The molecule has 0 spiro atoms. The molecule has 5 heterocycles. The summed E-state index contributed by atoms with van der Waals surface area (Å²) in [6.07, 6.45) is -6.06. The summed E-state index contributed by atoms with van der Waals surface area (Å²) in [6.45, 7) is 3.55. The minimum Gasteiger partial charge on any atom is -0.542 e. The third kappa shape index (κ3) is 9.97. The number of alkyl halides is 6. The van der Waals surface area contributed by atoms with Crippen molar-refractivity contribution in [3.63, 3.8) is 0 Å². The number of carboxylic acids is 1. The van der Waals surface area contributed by atoms with E-state index in [0.717, 1.165) is 47.5 Å². The Bertz CT molecular complexity index is 2140. The van der Waals surface area contributed by atoms with Crippen molar-refractivity contribution in [2.45, 2.75) is 25.2 Å². The van der Waals surface area contributed by atoms with Gasteiger partial charge < -0.3 is 39.8 Å². The van der Waals surface area contributed by atoms with Gasteiger partial charge in [0.05, 0.1) is 55.2 Å². The highest BCUT2D eigenvalue weighted by Gasteiger charge is 2.39. The number of amides is 3. The van der Waals surface area contributed by atoms with E-state index in [4.69, 9.17) is 27.2 Å². The van der Waals surface area contributed by atoms with Crippen LogP contribution in [0.15, 0.2) is 42.7 Å². The number of quaternary nitrogens is 1. The molecule has 2 aliphatic heterocycles. The molecule has 57 heavy (non-hydrogen) atoms. The molecule has 0 aliphatic carbocycles. The van der Waals surface area contributed by atoms with Crippen LogP contribution in [0.5, 0.6) is 0 Å². The number of hydrogen-bond acceptors (Lipinski definition) is 10. The van der Waals surface area contributed by atoms with Crippen molar-refractivity contribution in [2.24, 2.45) is 13.0 Å². The molecule has 23 heteroatoms. The third-order valence-electron chi connectivity index (χ3n) is 9.44. The average molecular weight is 828 g/mol. The first-order valence-corrected chi connectivity index (χ1v) is 17.5. The van der Waals surface area contributed by atoms with E-state index in [-0.39, 0.29) is 62.7 Å². The lowest BCUT2D eigenvalue weighted by atomic mass is 9.94. The highest BCUT2D eigenvalue weighted by Crippen LogP contribution is 2.37. The first-order chi connectivity index (χ1) is 26.6. The Kier molecular flexibility index (Phi) is 12.2. The van der Waals surface area contributed by atoms with Gasteiger partial charge in [0.2, 0.25) is 5.91 Å². The summed E-state index contributed by atoms with van der Waals surface area (Å²) in [5, 5.41) is 22.6. The van der Waals surface area contributed by atoms with Gasteiger partial charge in [-0.15, -0.1) is 10.2 Å². The van der Waals surface area contributed by atoms with E-state index in [0.29, 0.717) is 26.2 Å². The summed E-state index contributed by atoms with van der Waals surface area (Å²) in [6, 6.07) is 7.16. The average Bonchev–Trinajstić information content (AvgIpc) is 3.75. The second-order valence-electron chi connectivity index (χ2n) is 13.9. The second-order valence-corrected chi connectivity index (χ2v) is 14.3. The van der Waals surface area contributed by atoms with E-state index in [1.54, 1.807) is 4.90 Å². The Balaban J connectivity index is 0.000000811. The van der Waals surface area contributed by atoms with Crippen molar-refractivity contribution >= 4 is 46.8 Å². The van der Waals surface area contributed by atoms with Gasteiger partial charge in [-0.1, -0.05) is 11.6 Å². The van der Waals surface area contributed by atoms with E-state index in [9.17, 15) is 40.7 Å². The molecule has 0 atom stereocenters. The quantitative estimate of drug-likeness (QED) is 0.215. The maximum absolute atomic E-state index is 14.0. The first kappa shape index (κ1) is 42.4. The monoisotopic (exact) mass is 827 g/mol. The van der Waals surface area contributed by atoms with Gasteiger partial charge in [-0.2, -0.15) is 31.4 Å². The highest BCUT2D eigenvalue weighted by molar-refractivity contribution is 6.34. The number of aliphatic carboxylic acids is 1. The van der Waals surface area contributed by atoms with Crippen LogP contribution in [-0.2, 0) is 22.8 Å². The fourth-order valence-corrected chi connectivity index (χ4v) is 6.50. The van der Waals surface area contributed by atoms with Crippen molar-refractivity contribution in [3.05, 3.63) is 64.8 Å². The van der Waals surface area contributed by atoms with E-state index in [1.807, 2.05) is 4.90 Å². The molecule has 0 bridgehead atoms. The number of halogens is 7. The number of nitrogen functional groups attached to an aromatic ring is 1. The minimum atomic E-state index is -5.19. The molecule has 2 fully saturated rings. The summed E-state index contributed by atoms with van der Waals surface area (Å²) < 4.78 is 76.6. The molecular weight excluding hydrogens is 792 g/mol. The summed E-state index contributed by atoms with van der Waals surface area (Å²) in [7, 11) is 5.74. The van der Waals surface area contributed by atoms with Crippen LogP contribution < -0.4 is 16.2 Å². The Morgan fingerprint density at radius 1 is 0.947 bits per heavy atom. The van der Waals surface area contributed by atoms with Crippen LogP contribution in [0.1, 0.15) is 39.5 Å². The van der Waals surface area contributed by atoms with Crippen molar-refractivity contribution in [3.8, 4) is 17.1 Å². The number of anilines is 2. The fraction of sp³-hybridized carbons (Fsp3) is 0.412. The van der Waals surface area contributed by atoms with Gasteiger partial charge in [0, 0.05) is 63.9 Å². The lowest BCUT2D eigenvalue weighted by molar-refractivity contribution is -0.895. The Hall–Kier alpha value is -5.77. The predicted molar refractivity (Wildman–Crippen MR) is 188 cm³/mol. The van der Waals surface area contributed by atoms with Gasteiger partial charge in [0.25, 0.3) is 11.8 Å². The molecule has 6 rings (SSSR count). The lowest BCUT2D eigenvalue weighted by Gasteiger charge is -2.40. The van der Waals surface area contributed by atoms with E-state index >= 15 is 0 Å². The number of hydrogen-bond donors (Lipinski definition) is 2. The highest BCUT2D eigenvalue weighted by atomic mass is 35.5. The van der Waals surface area contributed by atoms with Gasteiger partial charge in [0.15, 0.2) is 17.3 Å². The summed E-state index contributed by atoms with van der Waals surface area (Å²) >= 11 is 6.50. The van der Waals surface area contributed by atoms with Gasteiger partial charge >= 0.3 is 12.4 Å². The molecular formula is C34H36ClF6N11O5. The standard InChI is InChI=1S/C32H35ClF3N11O3.C2HF3O2/c1-43-24(22-18-46(42-27(22)32(34,35)36)26-7-6-25(37)40-41-26)17-38-28(43)29(48)39-20-4-5-21(23(33)16-20)31(50)45-12-10-44(11-13-45)30(49)19-8-14-47(2,3)15-9-19;3-2(4,5)1(6)7/h4-7,16-19H,8-15H2,1-3H3,(H2-,37,39,40,48,50);(H,6,7). The zero-order chi connectivity index (χ0) is 42.0. The molecule has 2 saturated heterocycles. The number of nitrogens with one attached hydrogen (secondary N) is 1. The second kappa shape index (κ2) is 16.4. The topological polar surface area (TPSA) is 197 Å². The van der Waals surface area contributed by atoms with Crippen LogP contribution >= 0.6 is 11.6 Å². The Labute approximate surface area is 325 Å². The molecule has 4 aromatic rings. The SMILES string of the molecule is Cn1c(-c2cn(-c3ccc(N)nn3)nc2C(F)(F)F)cnc1C(=O)Nc1ccc(C(=O)N2CCN(C(=O)C3CC[N+](C)(C)CC3)CC2)c(Cl)c1.O=C([O-])C(F)(F)F. The van der Waals surface area contributed by atoms with Crippen LogP contribution in [-0.4, -0.2) is 127 Å². The number of nitrogens with two attached hydrogens (primary N) is 1. The number of nitrogens with zero attached hydrogens (tertiary/aromatic N) is 9. The van der Waals surface area contributed by atoms with E-state index in [2.05, 4.69) is 39.7 Å². The van der Waals surface area contributed by atoms with Gasteiger partial charge in [-0.3, -0.25) is 14.4 Å². The van der Waals surface area contributed by atoms with E-state index in [1.165, 1.54) is 41.9 Å². The Morgan fingerprint density at radius 2 is 1.56 bits per heavy atom. The molecule has 3 amide bonds. The number of carbonyl (C=O) groups is 4. The molecule has 16 nitrogen and oxygen atoms in total. The molecule has 0 saturated carbocycles. The van der Waals surface area contributed by atoms with Crippen LogP contribution in [0.3, 0.4) is 0 Å². The number of aromatic nitrogens is 6. The van der Waals surface area contributed by atoms with Crippen LogP contribution in [0, 0.1) is 5.92 Å². The maximum atomic E-state index is 14.0. The molecule has 1 aromatic carbocycles. The maximum Gasteiger partial charge on any atom is 0.435 e. The van der Waals surface area contributed by atoms with Crippen molar-refractivity contribution in [1.82, 2.24) is 39.3 Å². The number of benzene rings is 1. The van der Waals surface area contributed by atoms with Gasteiger partial charge in [0.1, 0.15) is 11.8 Å². The van der Waals surface area contributed by atoms with Crippen molar-refractivity contribution < 1.29 is 55.1 Å². The number of carbonyl (C=O) groups excluding carboxylic acids is 4. The first-order valence-electron chi connectivity index (χ1n) is 17.1. The van der Waals surface area contributed by atoms with Gasteiger partial charge in [-0.05, 0) is 30.3 Å². The minimum absolute atomic E-state index is 0.00524. The molecule has 3 N–H and O–H groups in total. The van der Waals surface area contributed by atoms with E-state index < -0.39 is 29.9 Å². The largest absolute Gasteiger partial charge is 0.542 e. The number of imidazole rings is 1. The Morgan fingerprint density at radius 3 is 2.11 bits per heavy atom. The number of piperazine rings is 1. The zero-order valence-electron chi connectivity index (χ0n) is 30.6. The molecule has 306 valence electrons. The normalized spacial score (nSPS) is 16.1. The number of carboxylic acid groups (broad SMARTS) is 1. The number of piperidine rings is 1. The van der Waals surface area contributed by atoms with Crippen LogP contribution in [0.25, 0.3) is 17.1 Å². The predicted octanol–water partition coefficient (Wildman–Crippen LogP) is 2.64. The summed E-state index contributed by atoms with van der Waals surface area (Å²) in [4.78, 5) is 56.0. The van der Waals surface area contributed by atoms with Gasteiger partial charge in [-0.25, -0.2) is 9.67 Å². The fourth-order valence-electron chi connectivity index (χ4n) is 6.24. The third-order valence-corrected chi connectivity index (χ3v) is 9.75. The molecule has 0 unspecified atom stereocenters. The summed E-state index contributed by atoms with van der Waals surface area (Å²) in [5.74, 6) is -3.95. The smallest absolute Gasteiger partial charge is 0.435 e. The molecule has 2 aliphatic rings. The zero-order valence-corrected chi connectivity index (χ0v) is 31.3. The van der Waals surface area contributed by atoms with Crippen molar-refractivity contribution in [2.75, 3.05) is 64.4 Å². The van der Waals surface area contributed by atoms with Crippen LogP contribution in [0.4, 0.5) is 37.8 Å². The summed E-state index contributed by atoms with van der Waals surface area (Å²) in [5.41, 5.74) is 4.45. The van der Waals surface area contributed by atoms with Crippen molar-refractivity contribution in [1.29, 1.82) is 0 Å². The molecule has 0 radical (unpaired) electrons. The number of likely N-dealkylation sites (tertiary alicyclic amines) is 1. The number of rotatable bonds is 6.